The molecule has 0 fully saturated rings. The van der Waals surface area contributed by atoms with Crippen molar-refractivity contribution in [2.24, 2.45) is 0 Å². The van der Waals surface area contributed by atoms with Gasteiger partial charge in [-0.25, -0.2) is 0 Å². The lowest BCUT2D eigenvalue weighted by Gasteiger charge is -2.16. The van der Waals surface area contributed by atoms with E-state index in [4.69, 9.17) is 4.74 Å². The van der Waals surface area contributed by atoms with Gasteiger partial charge in [0.05, 0.1) is 16.8 Å². The fraction of sp³-hybridized carbons (Fsp3) is 0.192. The minimum Gasteiger partial charge on any atom is -0.487 e. The van der Waals surface area contributed by atoms with Gasteiger partial charge in [-0.15, -0.1) is 0 Å². The van der Waals surface area contributed by atoms with Gasteiger partial charge in [-0.1, -0.05) is 48.0 Å². The first kappa shape index (κ1) is 21.3. The normalized spacial score (nSPS) is 12.6. The molecule has 6 nitrogen and oxygen atoms in total. The molecule has 0 unspecified atom stereocenters. The van der Waals surface area contributed by atoms with E-state index < -0.39 is 0 Å². The summed E-state index contributed by atoms with van der Waals surface area (Å²) in [5.41, 5.74) is 4.27. The number of imide groups is 1. The van der Waals surface area contributed by atoms with Crippen molar-refractivity contribution in [2.75, 3.05) is 11.9 Å². The second-order valence-corrected chi connectivity index (χ2v) is 7.88. The van der Waals surface area contributed by atoms with Crippen LogP contribution in [0.1, 0.15) is 43.8 Å². The number of aryl methyl sites for hydroxylation is 2. The van der Waals surface area contributed by atoms with Gasteiger partial charge in [0.25, 0.3) is 11.8 Å². The Balaban J connectivity index is 1.39. The Bertz CT molecular complexity index is 1190. The number of amides is 3. The van der Waals surface area contributed by atoms with Crippen molar-refractivity contribution in [3.05, 3.63) is 94.5 Å². The Morgan fingerprint density at radius 3 is 2.34 bits per heavy atom. The van der Waals surface area contributed by atoms with Crippen LogP contribution in [-0.4, -0.2) is 29.2 Å². The fourth-order valence-corrected chi connectivity index (χ4v) is 3.62. The molecule has 1 aliphatic heterocycles. The van der Waals surface area contributed by atoms with Crippen LogP contribution in [0.4, 0.5) is 5.69 Å². The Kier molecular flexibility index (Phi) is 6.03. The van der Waals surface area contributed by atoms with E-state index in [1.165, 1.54) is 0 Å². The molecule has 162 valence electrons. The Hall–Kier alpha value is -3.93. The maximum atomic E-state index is 12.6. The van der Waals surface area contributed by atoms with Crippen LogP contribution >= 0.6 is 0 Å². The van der Waals surface area contributed by atoms with Crippen molar-refractivity contribution in [1.82, 2.24) is 4.90 Å². The summed E-state index contributed by atoms with van der Waals surface area (Å²) in [7, 11) is 0. The van der Waals surface area contributed by atoms with E-state index in [1.54, 1.807) is 24.3 Å². The van der Waals surface area contributed by atoms with Crippen molar-refractivity contribution in [1.29, 1.82) is 0 Å². The molecule has 0 radical (unpaired) electrons. The van der Waals surface area contributed by atoms with Crippen molar-refractivity contribution in [3.63, 3.8) is 0 Å². The predicted octanol–water partition coefficient (Wildman–Crippen LogP) is 4.51. The molecule has 0 saturated carbocycles. The third kappa shape index (κ3) is 4.54. The van der Waals surface area contributed by atoms with E-state index in [0.717, 1.165) is 21.6 Å². The van der Waals surface area contributed by atoms with Crippen LogP contribution in [0.15, 0.2) is 66.7 Å². The van der Waals surface area contributed by atoms with Crippen molar-refractivity contribution >= 4 is 23.4 Å². The molecular weight excluding hydrogens is 404 g/mol. The van der Waals surface area contributed by atoms with Crippen LogP contribution in [0, 0.1) is 13.8 Å². The third-order valence-corrected chi connectivity index (χ3v) is 5.34. The number of carbonyl (C=O) groups excluding carboxylic acids is 3. The zero-order valence-electron chi connectivity index (χ0n) is 18.1. The first-order chi connectivity index (χ1) is 15.4. The Morgan fingerprint density at radius 1 is 0.875 bits per heavy atom. The van der Waals surface area contributed by atoms with Crippen LogP contribution < -0.4 is 10.1 Å². The van der Waals surface area contributed by atoms with Gasteiger partial charge in [-0.2, -0.15) is 0 Å². The van der Waals surface area contributed by atoms with Gasteiger partial charge < -0.3 is 10.1 Å². The van der Waals surface area contributed by atoms with Gasteiger partial charge in [0.2, 0.25) is 5.91 Å². The van der Waals surface area contributed by atoms with Crippen molar-refractivity contribution < 1.29 is 19.1 Å². The van der Waals surface area contributed by atoms with Gasteiger partial charge in [0, 0.05) is 13.0 Å². The van der Waals surface area contributed by atoms with E-state index in [0.29, 0.717) is 29.2 Å². The summed E-state index contributed by atoms with van der Waals surface area (Å²) in [6.07, 6.45) is -0.00352. The molecule has 1 aliphatic rings. The highest BCUT2D eigenvalue weighted by molar-refractivity contribution is 6.21. The van der Waals surface area contributed by atoms with Crippen molar-refractivity contribution in [2.45, 2.75) is 26.9 Å². The highest BCUT2D eigenvalue weighted by atomic mass is 16.5. The molecule has 4 rings (SSSR count). The number of nitrogens with one attached hydrogen (secondary N) is 1. The quantitative estimate of drug-likeness (QED) is 0.562. The average molecular weight is 428 g/mol. The summed E-state index contributed by atoms with van der Waals surface area (Å²) < 4.78 is 5.94. The number of hydrogen-bond donors (Lipinski definition) is 1. The zero-order chi connectivity index (χ0) is 22.7. The van der Waals surface area contributed by atoms with Gasteiger partial charge in [0.15, 0.2) is 0 Å². The molecule has 32 heavy (non-hydrogen) atoms. The lowest BCUT2D eigenvalue weighted by molar-refractivity contribution is -0.116. The topological polar surface area (TPSA) is 75.7 Å². The van der Waals surface area contributed by atoms with E-state index in [9.17, 15) is 14.4 Å². The maximum absolute atomic E-state index is 12.6. The second kappa shape index (κ2) is 9.06. The van der Waals surface area contributed by atoms with Crippen LogP contribution in [0.5, 0.6) is 5.75 Å². The molecule has 0 aliphatic carbocycles. The lowest BCUT2D eigenvalue weighted by Crippen LogP contribution is -2.32. The predicted molar refractivity (Wildman–Crippen MR) is 122 cm³/mol. The first-order valence-electron chi connectivity index (χ1n) is 10.5. The minimum absolute atomic E-state index is 0.00352. The van der Waals surface area contributed by atoms with Crippen LogP contribution in [0.25, 0.3) is 0 Å². The Morgan fingerprint density at radius 2 is 1.56 bits per heavy atom. The summed E-state index contributed by atoms with van der Waals surface area (Å²) in [4.78, 5) is 38.9. The third-order valence-electron chi connectivity index (χ3n) is 5.34. The zero-order valence-corrected chi connectivity index (χ0v) is 18.1. The van der Waals surface area contributed by atoms with Gasteiger partial charge >= 0.3 is 0 Å². The first-order valence-corrected chi connectivity index (χ1v) is 10.5. The van der Waals surface area contributed by atoms with E-state index in [1.807, 2.05) is 56.3 Å². The van der Waals surface area contributed by atoms with Crippen molar-refractivity contribution in [3.8, 4) is 5.75 Å². The molecule has 0 atom stereocenters. The largest absolute Gasteiger partial charge is 0.487 e. The fourth-order valence-electron chi connectivity index (χ4n) is 3.62. The van der Waals surface area contributed by atoms with E-state index >= 15 is 0 Å². The lowest BCUT2D eigenvalue weighted by atomic mass is 10.1. The Labute approximate surface area is 186 Å². The molecule has 1 N–H and O–H groups in total. The monoisotopic (exact) mass is 428 g/mol. The number of rotatable bonds is 7. The number of carbonyl (C=O) groups is 3. The highest BCUT2D eigenvalue weighted by Crippen LogP contribution is 2.28. The van der Waals surface area contributed by atoms with Crippen LogP contribution in [0.2, 0.25) is 0 Å². The van der Waals surface area contributed by atoms with Gasteiger partial charge in [0.1, 0.15) is 12.4 Å². The summed E-state index contributed by atoms with van der Waals surface area (Å²) in [5.74, 6) is -0.451. The molecule has 1 heterocycles. The number of hydrogen-bond acceptors (Lipinski definition) is 4. The highest BCUT2D eigenvalue weighted by Gasteiger charge is 2.35. The molecule has 0 aromatic heterocycles. The average Bonchev–Trinajstić information content (AvgIpc) is 3.02. The van der Waals surface area contributed by atoms with E-state index in [-0.39, 0.29) is 30.7 Å². The number of benzene rings is 3. The second-order valence-electron chi connectivity index (χ2n) is 7.88. The smallest absolute Gasteiger partial charge is 0.261 e. The summed E-state index contributed by atoms with van der Waals surface area (Å²) in [6.45, 7) is 4.21. The summed E-state index contributed by atoms with van der Waals surface area (Å²) >= 11 is 0. The molecule has 6 heteroatoms. The molecule has 3 amide bonds. The minimum atomic E-state index is -0.361. The van der Waals surface area contributed by atoms with Crippen LogP contribution in [-0.2, 0) is 11.4 Å². The SMILES string of the molecule is Cc1ccc(NC(=O)CCN2C(=O)c3ccc(C)cc3C2=O)c(OCc2ccccc2)c1. The van der Waals surface area contributed by atoms with Crippen LogP contribution in [0.3, 0.4) is 0 Å². The number of fused-ring (bicyclic) bond motifs is 1. The number of anilines is 1. The molecule has 3 aromatic carbocycles. The summed E-state index contributed by atoms with van der Waals surface area (Å²) in [6, 6.07) is 20.5. The van der Waals surface area contributed by atoms with E-state index in [2.05, 4.69) is 5.32 Å². The maximum Gasteiger partial charge on any atom is 0.261 e. The standard InChI is InChI=1S/C26H24N2O4/c1-17-8-10-20-21(14-17)26(31)28(25(20)30)13-12-24(29)27-22-11-9-18(2)15-23(22)32-16-19-6-4-3-5-7-19/h3-11,14-15H,12-13,16H2,1-2H3,(H,27,29). The molecule has 0 bridgehead atoms. The van der Waals surface area contributed by atoms with Gasteiger partial charge in [-0.3, -0.25) is 19.3 Å². The molecule has 0 spiro atoms. The molecule has 0 saturated heterocycles. The number of ether oxygens (including phenoxy) is 1. The molecular formula is C26H24N2O4. The number of nitrogens with zero attached hydrogens (tertiary/aromatic N) is 1. The summed E-state index contributed by atoms with van der Waals surface area (Å²) in [5, 5.41) is 2.84. The van der Waals surface area contributed by atoms with Gasteiger partial charge in [-0.05, 0) is 49.2 Å². The molecule has 3 aromatic rings.